The summed E-state index contributed by atoms with van der Waals surface area (Å²) in [5.41, 5.74) is 1.96. The second-order valence-corrected chi connectivity index (χ2v) is 4.51. The van der Waals surface area contributed by atoms with E-state index in [-0.39, 0.29) is 5.91 Å². The zero-order chi connectivity index (χ0) is 10.8. The van der Waals surface area contributed by atoms with Crippen molar-refractivity contribution in [1.29, 1.82) is 0 Å². The molecule has 1 heterocycles. The highest BCUT2D eigenvalue weighted by Crippen LogP contribution is 2.16. The van der Waals surface area contributed by atoms with Crippen LogP contribution in [0.1, 0.15) is 18.9 Å². The molecule has 1 aromatic rings. The van der Waals surface area contributed by atoms with E-state index in [2.05, 4.69) is 21.0 Å². The van der Waals surface area contributed by atoms with E-state index in [4.69, 9.17) is 0 Å². The topological polar surface area (TPSA) is 32.7 Å². The fraction of sp³-hybridized carbons (Fsp3) is 0.273. The van der Waals surface area contributed by atoms with E-state index >= 15 is 0 Å². The SMILES string of the molecule is CC1=NN(Cc2cccc(Br)c2)C(=O)C1. The van der Waals surface area contributed by atoms with Crippen molar-refractivity contribution < 1.29 is 4.79 Å². The lowest BCUT2D eigenvalue weighted by atomic mass is 10.2. The molecule has 78 valence electrons. The Labute approximate surface area is 96.9 Å². The van der Waals surface area contributed by atoms with Crippen molar-refractivity contribution >= 4 is 27.5 Å². The van der Waals surface area contributed by atoms with Crippen molar-refractivity contribution in [3.8, 4) is 0 Å². The lowest BCUT2D eigenvalue weighted by molar-refractivity contribution is -0.129. The molecule has 1 amide bonds. The normalized spacial score (nSPS) is 15.7. The summed E-state index contributed by atoms with van der Waals surface area (Å²) in [4.78, 5) is 11.5. The Bertz CT molecular complexity index is 428. The van der Waals surface area contributed by atoms with Crippen LogP contribution < -0.4 is 0 Å². The molecule has 0 spiro atoms. The molecule has 0 saturated carbocycles. The Morgan fingerprint density at radius 1 is 1.53 bits per heavy atom. The molecule has 0 fully saturated rings. The van der Waals surface area contributed by atoms with Crippen molar-refractivity contribution in [3.63, 3.8) is 0 Å². The molecular formula is C11H11BrN2O. The number of carbonyl (C=O) groups is 1. The maximum absolute atomic E-state index is 11.5. The number of carbonyl (C=O) groups excluding carboxylic acids is 1. The van der Waals surface area contributed by atoms with Gasteiger partial charge in [0.1, 0.15) is 0 Å². The molecule has 4 heteroatoms. The first-order chi connectivity index (χ1) is 7.15. The highest BCUT2D eigenvalue weighted by Gasteiger charge is 2.20. The molecule has 0 atom stereocenters. The fourth-order valence-corrected chi connectivity index (χ4v) is 1.99. The number of nitrogens with zero attached hydrogens (tertiary/aromatic N) is 2. The minimum absolute atomic E-state index is 0.0764. The number of hydrogen-bond acceptors (Lipinski definition) is 2. The minimum atomic E-state index is 0.0764. The molecule has 1 aliphatic heterocycles. The molecule has 0 saturated heterocycles. The zero-order valence-corrected chi connectivity index (χ0v) is 9.99. The van der Waals surface area contributed by atoms with Crippen LogP contribution >= 0.6 is 15.9 Å². The van der Waals surface area contributed by atoms with E-state index < -0.39 is 0 Å². The Morgan fingerprint density at radius 2 is 2.33 bits per heavy atom. The van der Waals surface area contributed by atoms with Gasteiger partial charge in [0, 0.05) is 10.2 Å². The third kappa shape index (κ3) is 2.45. The minimum Gasteiger partial charge on any atom is -0.273 e. The summed E-state index contributed by atoms with van der Waals surface area (Å²) < 4.78 is 1.02. The first-order valence-corrected chi connectivity index (χ1v) is 5.53. The third-order valence-corrected chi connectivity index (χ3v) is 2.70. The van der Waals surface area contributed by atoms with Crippen LogP contribution in [0.25, 0.3) is 0 Å². The molecule has 0 N–H and O–H groups in total. The van der Waals surface area contributed by atoms with E-state index in [1.54, 1.807) is 0 Å². The molecule has 0 aliphatic carbocycles. The van der Waals surface area contributed by atoms with Crippen LogP contribution in [0.15, 0.2) is 33.8 Å². The average molecular weight is 267 g/mol. The number of halogens is 1. The number of rotatable bonds is 2. The number of hydrogen-bond donors (Lipinski definition) is 0. The lowest BCUT2D eigenvalue weighted by Gasteiger charge is -2.11. The van der Waals surface area contributed by atoms with Crippen LogP contribution in [0, 0.1) is 0 Å². The van der Waals surface area contributed by atoms with E-state index in [9.17, 15) is 4.79 Å². The van der Waals surface area contributed by atoms with Gasteiger partial charge in [-0.3, -0.25) is 4.79 Å². The predicted molar refractivity (Wildman–Crippen MR) is 62.4 cm³/mol. The van der Waals surface area contributed by atoms with Crippen molar-refractivity contribution in [2.75, 3.05) is 0 Å². The summed E-state index contributed by atoms with van der Waals surface area (Å²) in [6.07, 6.45) is 0.452. The van der Waals surface area contributed by atoms with Crippen molar-refractivity contribution in [1.82, 2.24) is 5.01 Å². The average Bonchev–Trinajstić information content (AvgIpc) is 2.45. The maximum atomic E-state index is 11.5. The van der Waals surface area contributed by atoms with Gasteiger partial charge in [-0.2, -0.15) is 5.10 Å². The molecule has 0 unspecified atom stereocenters. The quantitative estimate of drug-likeness (QED) is 0.810. The smallest absolute Gasteiger partial charge is 0.248 e. The van der Waals surface area contributed by atoms with E-state index in [1.807, 2.05) is 31.2 Å². The van der Waals surface area contributed by atoms with E-state index in [0.717, 1.165) is 15.7 Å². The molecule has 1 aromatic carbocycles. The van der Waals surface area contributed by atoms with Gasteiger partial charge in [0.2, 0.25) is 5.91 Å². The van der Waals surface area contributed by atoms with E-state index in [1.165, 1.54) is 5.01 Å². The third-order valence-electron chi connectivity index (χ3n) is 2.21. The maximum Gasteiger partial charge on any atom is 0.248 e. The highest BCUT2D eigenvalue weighted by atomic mass is 79.9. The van der Waals surface area contributed by atoms with Gasteiger partial charge >= 0.3 is 0 Å². The standard InChI is InChI=1S/C11H11BrN2O/c1-8-5-11(15)14(13-8)7-9-3-2-4-10(12)6-9/h2-4,6H,5,7H2,1H3. The van der Waals surface area contributed by atoms with Crippen molar-refractivity contribution in [3.05, 3.63) is 34.3 Å². The molecule has 2 rings (SSSR count). The molecule has 15 heavy (non-hydrogen) atoms. The summed E-state index contributed by atoms with van der Waals surface area (Å²) in [6, 6.07) is 7.90. The molecule has 1 aliphatic rings. The van der Waals surface area contributed by atoms with Gasteiger partial charge in [-0.05, 0) is 24.6 Å². The van der Waals surface area contributed by atoms with Crippen molar-refractivity contribution in [2.24, 2.45) is 5.10 Å². The number of amides is 1. The first kappa shape index (κ1) is 10.4. The fourth-order valence-electron chi connectivity index (χ4n) is 1.54. The van der Waals surface area contributed by atoms with Gasteiger partial charge in [-0.15, -0.1) is 0 Å². The monoisotopic (exact) mass is 266 g/mol. The summed E-state index contributed by atoms with van der Waals surface area (Å²) in [5.74, 6) is 0.0764. The first-order valence-electron chi connectivity index (χ1n) is 4.74. The van der Waals surface area contributed by atoms with Gasteiger partial charge in [-0.25, -0.2) is 5.01 Å². The molecule has 3 nitrogen and oxygen atoms in total. The van der Waals surface area contributed by atoms with Crippen LogP contribution in [-0.4, -0.2) is 16.6 Å². The second kappa shape index (κ2) is 4.14. The zero-order valence-electron chi connectivity index (χ0n) is 8.40. The van der Waals surface area contributed by atoms with Gasteiger partial charge < -0.3 is 0 Å². The van der Waals surface area contributed by atoms with Crippen molar-refractivity contribution in [2.45, 2.75) is 19.9 Å². The van der Waals surface area contributed by atoms with Gasteiger partial charge in [-0.1, -0.05) is 28.1 Å². The van der Waals surface area contributed by atoms with Crippen LogP contribution in [-0.2, 0) is 11.3 Å². The van der Waals surface area contributed by atoms with Crippen LogP contribution in [0.2, 0.25) is 0 Å². The molecule has 0 aromatic heterocycles. The number of hydrazone groups is 1. The summed E-state index contributed by atoms with van der Waals surface area (Å²) in [7, 11) is 0. The summed E-state index contributed by atoms with van der Waals surface area (Å²) in [6.45, 7) is 2.43. The summed E-state index contributed by atoms with van der Waals surface area (Å²) >= 11 is 3.40. The van der Waals surface area contributed by atoms with E-state index in [0.29, 0.717) is 13.0 Å². The van der Waals surface area contributed by atoms with Gasteiger partial charge in [0.15, 0.2) is 0 Å². The second-order valence-electron chi connectivity index (χ2n) is 3.59. The molecule has 0 radical (unpaired) electrons. The van der Waals surface area contributed by atoms with Crippen LogP contribution in [0.4, 0.5) is 0 Å². The lowest BCUT2D eigenvalue weighted by Crippen LogP contribution is -2.19. The van der Waals surface area contributed by atoms with Crippen LogP contribution in [0.3, 0.4) is 0 Å². The van der Waals surface area contributed by atoms with Gasteiger partial charge in [0.05, 0.1) is 13.0 Å². The Balaban J connectivity index is 2.12. The summed E-state index contributed by atoms with van der Waals surface area (Å²) in [5, 5.41) is 5.70. The number of benzene rings is 1. The molecular weight excluding hydrogens is 256 g/mol. The van der Waals surface area contributed by atoms with Gasteiger partial charge in [0.25, 0.3) is 0 Å². The largest absolute Gasteiger partial charge is 0.273 e. The predicted octanol–water partition coefficient (Wildman–Crippen LogP) is 2.56. The Kier molecular flexibility index (Phi) is 2.86. The Hall–Kier alpha value is -1.16. The molecule has 0 bridgehead atoms. The highest BCUT2D eigenvalue weighted by molar-refractivity contribution is 9.10. The van der Waals surface area contributed by atoms with Crippen LogP contribution in [0.5, 0.6) is 0 Å². The Morgan fingerprint density at radius 3 is 2.93 bits per heavy atom.